The van der Waals surface area contributed by atoms with Crippen LogP contribution in [0.5, 0.6) is 0 Å². The zero-order valence-electron chi connectivity index (χ0n) is 7.33. The van der Waals surface area contributed by atoms with Crippen molar-refractivity contribution >= 4 is 0 Å². The Hall–Kier alpha value is -0.240. The van der Waals surface area contributed by atoms with E-state index in [0.717, 1.165) is 6.92 Å². The van der Waals surface area contributed by atoms with Crippen LogP contribution < -0.4 is 0 Å². The Labute approximate surface area is 75.7 Å². The van der Waals surface area contributed by atoms with E-state index in [1.165, 1.54) is 0 Å². The van der Waals surface area contributed by atoms with E-state index >= 15 is 0 Å². The molecule has 0 saturated heterocycles. The van der Waals surface area contributed by atoms with E-state index in [-0.39, 0.29) is 0 Å². The van der Waals surface area contributed by atoms with Gasteiger partial charge in [0.15, 0.2) is 0 Å². The predicted molar refractivity (Wildman–Crippen MR) is 42.8 cm³/mol. The molecule has 0 aliphatic rings. The minimum Gasteiger partial charge on any atom is -0.394 e. The molecule has 0 radical (unpaired) electrons. The Bertz CT molecular complexity index is 148. The average Bonchev–Trinajstić information content (AvgIpc) is 2.14. The molecule has 6 N–H and O–H groups in total. The molecule has 0 fully saturated rings. The lowest BCUT2D eigenvalue weighted by Crippen LogP contribution is -2.54. The van der Waals surface area contributed by atoms with Gasteiger partial charge in [-0.25, -0.2) is 0 Å². The lowest BCUT2D eigenvalue weighted by Gasteiger charge is -2.32. The van der Waals surface area contributed by atoms with Gasteiger partial charge in [0.2, 0.25) is 0 Å². The fraction of sp³-hybridized carbons (Fsp3) is 1.00. The lowest BCUT2D eigenvalue weighted by atomic mass is 9.93. The van der Waals surface area contributed by atoms with E-state index in [1.807, 2.05) is 0 Å². The summed E-state index contributed by atoms with van der Waals surface area (Å²) >= 11 is 0. The molecule has 0 aromatic rings. The van der Waals surface area contributed by atoms with Crippen molar-refractivity contribution in [2.24, 2.45) is 0 Å². The predicted octanol–water partition coefficient (Wildman–Crippen LogP) is -3.20. The maximum Gasteiger partial charge on any atom is 0.113 e. The quantitative estimate of drug-likeness (QED) is 0.275. The monoisotopic (exact) mass is 196 g/mol. The van der Waals surface area contributed by atoms with Gasteiger partial charge in [-0.15, -0.1) is 0 Å². The zero-order valence-corrected chi connectivity index (χ0v) is 7.33. The second-order valence-corrected chi connectivity index (χ2v) is 3.20. The van der Waals surface area contributed by atoms with Crippen LogP contribution in [0.1, 0.15) is 6.92 Å². The Morgan fingerprint density at radius 2 is 1.62 bits per heavy atom. The standard InChI is InChI=1S/C7H16O6/c1-7(13,3-9)6(12)5(11)4(10)2-8/h4-6,8-13H,2-3H2,1H3/t4-,5-,6+,7+/m1/s1. The molecule has 0 bridgehead atoms. The number of aliphatic hydroxyl groups is 6. The van der Waals surface area contributed by atoms with E-state index < -0.39 is 37.1 Å². The van der Waals surface area contributed by atoms with Crippen molar-refractivity contribution in [2.45, 2.75) is 30.8 Å². The molecule has 0 unspecified atom stereocenters. The molecule has 0 spiro atoms. The maximum atomic E-state index is 9.25. The van der Waals surface area contributed by atoms with Gasteiger partial charge in [0.25, 0.3) is 0 Å². The molecule has 80 valence electrons. The SMILES string of the molecule is C[C@](O)(CO)[C@@H](O)[C@H](O)[C@H](O)CO. The summed E-state index contributed by atoms with van der Waals surface area (Å²) in [5.41, 5.74) is -1.91. The van der Waals surface area contributed by atoms with Gasteiger partial charge < -0.3 is 30.6 Å². The second kappa shape index (κ2) is 4.85. The summed E-state index contributed by atoms with van der Waals surface area (Å²) in [5, 5.41) is 53.5. The van der Waals surface area contributed by atoms with Gasteiger partial charge in [-0.1, -0.05) is 0 Å². The fourth-order valence-electron chi connectivity index (χ4n) is 0.780. The third-order valence-electron chi connectivity index (χ3n) is 1.86. The number of rotatable bonds is 5. The van der Waals surface area contributed by atoms with Crippen LogP contribution >= 0.6 is 0 Å². The van der Waals surface area contributed by atoms with Gasteiger partial charge in [-0.2, -0.15) is 0 Å². The van der Waals surface area contributed by atoms with E-state index in [9.17, 15) is 10.2 Å². The van der Waals surface area contributed by atoms with Crippen LogP contribution in [0.3, 0.4) is 0 Å². The van der Waals surface area contributed by atoms with Gasteiger partial charge in [-0.3, -0.25) is 0 Å². The molecule has 13 heavy (non-hydrogen) atoms. The number of aliphatic hydroxyl groups excluding tert-OH is 5. The van der Waals surface area contributed by atoms with Crippen LogP contribution in [0.2, 0.25) is 0 Å². The summed E-state index contributed by atoms with van der Waals surface area (Å²) in [4.78, 5) is 0. The molecule has 0 aliphatic heterocycles. The third kappa shape index (κ3) is 3.18. The van der Waals surface area contributed by atoms with E-state index in [4.69, 9.17) is 20.4 Å². The molecule has 0 saturated carbocycles. The Kier molecular flexibility index (Phi) is 4.76. The van der Waals surface area contributed by atoms with Crippen LogP contribution in [0.15, 0.2) is 0 Å². The highest BCUT2D eigenvalue weighted by Crippen LogP contribution is 2.14. The highest BCUT2D eigenvalue weighted by Gasteiger charge is 2.38. The molecular formula is C7H16O6. The van der Waals surface area contributed by atoms with Gasteiger partial charge >= 0.3 is 0 Å². The normalized spacial score (nSPS) is 23.3. The zero-order chi connectivity index (χ0) is 10.6. The molecule has 6 nitrogen and oxygen atoms in total. The average molecular weight is 196 g/mol. The van der Waals surface area contributed by atoms with Crippen LogP contribution in [-0.2, 0) is 0 Å². The van der Waals surface area contributed by atoms with Crippen LogP contribution in [0.4, 0.5) is 0 Å². The van der Waals surface area contributed by atoms with Crippen LogP contribution in [0.25, 0.3) is 0 Å². The topological polar surface area (TPSA) is 121 Å². The minimum atomic E-state index is -1.91. The van der Waals surface area contributed by atoms with Crippen LogP contribution in [0, 0.1) is 0 Å². The van der Waals surface area contributed by atoms with Crippen molar-refractivity contribution in [1.29, 1.82) is 0 Å². The van der Waals surface area contributed by atoms with E-state index in [1.54, 1.807) is 0 Å². The largest absolute Gasteiger partial charge is 0.394 e. The van der Waals surface area contributed by atoms with Crippen molar-refractivity contribution in [3.63, 3.8) is 0 Å². The first-order valence-corrected chi connectivity index (χ1v) is 3.85. The third-order valence-corrected chi connectivity index (χ3v) is 1.86. The molecule has 0 amide bonds. The lowest BCUT2D eigenvalue weighted by molar-refractivity contribution is -0.164. The van der Waals surface area contributed by atoms with Gasteiger partial charge in [-0.05, 0) is 6.92 Å². The van der Waals surface area contributed by atoms with E-state index in [0.29, 0.717) is 0 Å². The molecule has 0 aromatic heterocycles. The Morgan fingerprint density at radius 3 is 1.92 bits per heavy atom. The summed E-state index contributed by atoms with van der Waals surface area (Å²) in [5.74, 6) is 0. The number of hydrogen-bond donors (Lipinski definition) is 6. The summed E-state index contributed by atoms with van der Waals surface area (Å²) < 4.78 is 0. The smallest absolute Gasteiger partial charge is 0.113 e. The molecule has 0 aliphatic carbocycles. The van der Waals surface area contributed by atoms with Gasteiger partial charge in [0.05, 0.1) is 13.2 Å². The van der Waals surface area contributed by atoms with Crippen LogP contribution in [-0.4, -0.2) is 67.8 Å². The van der Waals surface area contributed by atoms with Crippen molar-refractivity contribution in [2.75, 3.05) is 13.2 Å². The Balaban J connectivity index is 4.32. The van der Waals surface area contributed by atoms with Crippen molar-refractivity contribution in [1.82, 2.24) is 0 Å². The molecule has 6 heteroatoms. The van der Waals surface area contributed by atoms with Crippen molar-refractivity contribution < 1.29 is 30.6 Å². The van der Waals surface area contributed by atoms with E-state index in [2.05, 4.69) is 0 Å². The number of hydrogen-bond acceptors (Lipinski definition) is 6. The molecule has 0 heterocycles. The highest BCUT2D eigenvalue weighted by atomic mass is 16.4. The molecule has 0 rings (SSSR count). The first kappa shape index (κ1) is 12.8. The molecule has 4 atom stereocenters. The summed E-state index contributed by atoms with van der Waals surface area (Å²) in [6.07, 6.45) is -4.97. The van der Waals surface area contributed by atoms with Crippen molar-refractivity contribution in [3.05, 3.63) is 0 Å². The summed E-state index contributed by atoms with van der Waals surface area (Å²) in [7, 11) is 0. The maximum absolute atomic E-state index is 9.25. The van der Waals surface area contributed by atoms with Crippen molar-refractivity contribution in [3.8, 4) is 0 Å². The second-order valence-electron chi connectivity index (χ2n) is 3.20. The Morgan fingerprint density at radius 1 is 1.15 bits per heavy atom. The van der Waals surface area contributed by atoms with Gasteiger partial charge in [0.1, 0.15) is 23.9 Å². The summed E-state index contributed by atoms with van der Waals surface area (Å²) in [6, 6.07) is 0. The first-order chi connectivity index (χ1) is 5.86. The summed E-state index contributed by atoms with van der Waals surface area (Å²) in [6.45, 7) is -0.395. The van der Waals surface area contributed by atoms with Gasteiger partial charge in [0, 0.05) is 0 Å². The first-order valence-electron chi connectivity index (χ1n) is 3.85. The highest BCUT2D eigenvalue weighted by molar-refractivity contribution is 4.89. The molecule has 0 aromatic carbocycles. The molecular weight excluding hydrogens is 180 g/mol. The fourth-order valence-corrected chi connectivity index (χ4v) is 0.780. The minimum absolute atomic E-state index is 0.736.